The maximum Gasteiger partial charge on any atom is 0.349 e. The van der Waals surface area contributed by atoms with Crippen molar-refractivity contribution in [3.05, 3.63) is 58.7 Å². The van der Waals surface area contributed by atoms with Gasteiger partial charge in [-0.05, 0) is 63.9 Å². The standard InChI is InChI=1S/C26H33NO7/c1-15-8-7-9-18(10-15)20(32-6)14-27(5)26(3,4)13-17-11-16(2)21-19(12-17)33-22(24(28)29)23(34-21)25(30)31/h7-12,20,22-23H,13-14H2,1-6H3,(H,28,29)(H,30,31). The zero-order chi connectivity index (χ0) is 25.2. The first-order chi connectivity index (χ1) is 15.9. The van der Waals surface area contributed by atoms with Crippen LogP contribution in [0.2, 0.25) is 0 Å². The Kier molecular flexibility index (Phi) is 7.53. The van der Waals surface area contributed by atoms with Crippen molar-refractivity contribution >= 4 is 11.9 Å². The molecule has 0 aromatic heterocycles. The number of ether oxygens (including phenoxy) is 3. The van der Waals surface area contributed by atoms with Gasteiger partial charge in [0.2, 0.25) is 12.2 Å². The number of hydrogen-bond acceptors (Lipinski definition) is 6. The molecule has 3 atom stereocenters. The fraction of sp³-hybridized carbons (Fsp3) is 0.462. The molecule has 0 amide bonds. The molecule has 1 aliphatic heterocycles. The Morgan fingerprint density at radius 2 is 1.74 bits per heavy atom. The van der Waals surface area contributed by atoms with Gasteiger partial charge in [0.25, 0.3) is 0 Å². The van der Waals surface area contributed by atoms with Crippen LogP contribution >= 0.6 is 0 Å². The molecule has 3 unspecified atom stereocenters. The highest BCUT2D eigenvalue weighted by atomic mass is 16.6. The van der Waals surface area contributed by atoms with Crippen LogP contribution in [-0.4, -0.2) is 65.5 Å². The summed E-state index contributed by atoms with van der Waals surface area (Å²) >= 11 is 0. The van der Waals surface area contributed by atoms with Crippen molar-refractivity contribution < 1.29 is 34.0 Å². The van der Waals surface area contributed by atoms with Gasteiger partial charge in [0.15, 0.2) is 11.5 Å². The van der Waals surface area contributed by atoms with E-state index in [1.165, 1.54) is 5.56 Å². The molecule has 0 spiro atoms. The van der Waals surface area contributed by atoms with Gasteiger partial charge < -0.3 is 24.4 Å². The summed E-state index contributed by atoms with van der Waals surface area (Å²) in [7, 11) is 3.76. The fourth-order valence-electron chi connectivity index (χ4n) is 4.22. The number of carbonyl (C=O) groups is 2. The fourth-order valence-corrected chi connectivity index (χ4v) is 4.22. The van der Waals surface area contributed by atoms with Crippen LogP contribution in [0.15, 0.2) is 36.4 Å². The molecule has 34 heavy (non-hydrogen) atoms. The Hall–Kier alpha value is -3.10. The van der Waals surface area contributed by atoms with Crippen molar-refractivity contribution in [2.45, 2.75) is 58.0 Å². The lowest BCUT2D eigenvalue weighted by Crippen LogP contribution is -2.50. The summed E-state index contributed by atoms with van der Waals surface area (Å²) in [6, 6.07) is 11.9. The number of likely N-dealkylation sites (N-methyl/N-ethyl adjacent to an activating group) is 1. The van der Waals surface area contributed by atoms with Crippen LogP contribution in [-0.2, 0) is 20.7 Å². The second-order valence-corrected chi connectivity index (χ2v) is 9.50. The van der Waals surface area contributed by atoms with Crippen molar-refractivity contribution in [1.82, 2.24) is 4.90 Å². The third-order valence-electron chi connectivity index (χ3n) is 6.37. The molecule has 2 aromatic rings. The molecular weight excluding hydrogens is 438 g/mol. The second kappa shape index (κ2) is 10.0. The predicted molar refractivity (Wildman–Crippen MR) is 127 cm³/mol. The van der Waals surface area contributed by atoms with Crippen molar-refractivity contribution in [3.8, 4) is 11.5 Å². The molecule has 184 valence electrons. The lowest BCUT2D eigenvalue weighted by molar-refractivity contribution is -0.164. The molecule has 2 aromatic carbocycles. The summed E-state index contributed by atoms with van der Waals surface area (Å²) in [6.07, 6.45) is -2.67. The zero-order valence-electron chi connectivity index (χ0n) is 20.5. The number of carboxylic acids is 2. The van der Waals surface area contributed by atoms with E-state index in [9.17, 15) is 19.8 Å². The quantitative estimate of drug-likeness (QED) is 0.571. The van der Waals surface area contributed by atoms with Gasteiger partial charge >= 0.3 is 11.9 Å². The van der Waals surface area contributed by atoms with E-state index in [2.05, 4.69) is 43.9 Å². The van der Waals surface area contributed by atoms with Crippen molar-refractivity contribution in [3.63, 3.8) is 0 Å². The molecule has 1 heterocycles. The first-order valence-corrected chi connectivity index (χ1v) is 11.2. The number of aliphatic carboxylic acids is 2. The number of fused-ring (bicyclic) bond motifs is 1. The minimum Gasteiger partial charge on any atom is -0.478 e. The van der Waals surface area contributed by atoms with Crippen LogP contribution in [0.3, 0.4) is 0 Å². The summed E-state index contributed by atoms with van der Waals surface area (Å²) in [5, 5.41) is 18.8. The number of methoxy groups -OCH3 is 1. The average molecular weight is 472 g/mol. The first-order valence-electron chi connectivity index (χ1n) is 11.2. The highest BCUT2D eigenvalue weighted by molar-refractivity contribution is 5.85. The highest BCUT2D eigenvalue weighted by Crippen LogP contribution is 2.39. The van der Waals surface area contributed by atoms with Crippen LogP contribution in [0.5, 0.6) is 11.5 Å². The zero-order valence-corrected chi connectivity index (χ0v) is 20.5. The van der Waals surface area contributed by atoms with E-state index in [4.69, 9.17) is 14.2 Å². The molecule has 8 nitrogen and oxygen atoms in total. The van der Waals surface area contributed by atoms with Gasteiger partial charge in [0.05, 0.1) is 6.10 Å². The number of aryl methyl sites for hydroxylation is 2. The van der Waals surface area contributed by atoms with Crippen LogP contribution < -0.4 is 9.47 Å². The number of carboxylic acid groups (broad SMARTS) is 2. The first kappa shape index (κ1) is 25.5. The SMILES string of the molecule is COC(CN(C)C(C)(C)Cc1cc(C)c2c(c1)OC(C(=O)O)C(C(=O)O)O2)c1cccc(C)c1. The normalized spacial score (nSPS) is 18.6. The van der Waals surface area contributed by atoms with Crippen molar-refractivity contribution in [2.24, 2.45) is 0 Å². The summed E-state index contributed by atoms with van der Waals surface area (Å²) in [5.41, 5.74) is 3.65. The average Bonchev–Trinajstić information content (AvgIpc) is 2.75. The van der Waals surface area contributed by atoms with E-state index in [1.807, 2.05) is 19.2 Å². The molecule has 1 aliphatic rings. The molecule has 0 bridgehead atoms. The van der Waals surface area contributed by atoms with Gasteiger partial charge in [0, 0.05) is 19.2 Å². The van der Waals surface area contributed by atoms with Crippen LogP contribution in [0, 0.1) is 13.8 Å². The van der Waals surface area contributed by atoms with E-state index >= 15 is 0 Å². The Bertz CT molecular complexity index is 1070. The largest absolute Gasteiger partial charge is 0.478 e. The Morgan fingerprint density at radius 1 is 1.09 bits per heavy atom. The van der Waals surface area contributed by atoms with Gasteiger partial charge in [0.1, 0.15) is 0 Å². The molecule has 0 saturated heterocycles. The summed E-state index contributed by atoms with van der Waals surface area (Å²) in [5.74, 6) is -2.26. The highest BCUT2D eigenvalue weighted by Gasteiger charge is 2.43. The summed E-state index contributed by atoms with van der Waals surface area (Å²) in [4.78, 5) is 25.3. The van der Waals surface area contributed by atoms with Gasteiger partial charge in [-0.3, -0.25) is 4.90 Å². The van der Waals surface area contributed by atoms with Gasteiger partial charge in [-0.2, -0.15) is 0 Å². The third kappa shape index (κ3) is 5.51. The smallest absolute Gasteiger partial charge is 0.349 e. The summed E-state index contributed by atoms with van der Waals surface area (Å²) in [6.45, 7) is 8.78. The van der Waals surface area contributed by atoms with Crippen LogP contribution in [0.1, 0.15) is 42.2 Å². The third-order valence-corrected chi connectivity index (χ3v) is 6.37. The molecular formula is C26H33NO7. The Balaban J connectivity index is 1.80. The molecule has 0 aliphatic carbocycles. The minimum atomic E-state index is -1.62. The number of nitrogens with zero attached hydrogens (tertiary/aromatic N) is 1. The lowest BCUT2D eigenvalue weighted by atomic mass is 9.91. The van der Waals surface area contributed by atoms with E-state index in [0.717, 1.165) is 11.1 Å². The second-order valence-electron chi connectivity index (χ2n) is 9.50. The Morgan fingerprint density at radius 3 is 2.32 bits per heavy atom. The van der Waals surface area contributed by atoms with Crippen molar-refractivity contribution in [1.29, 1.82) is 0 Å². The van der Waals surface area contributed by atoms with E-state index in [0.29, 0.717) is 18.5 Å². The van der Waals surface area contributed by atoms with E-state index < -0.39 is 24.1 Å². The molecule has 2 N–H and O–H groups in total. The number of rotatable bonds is 9. The monoisotopic (exact) mass is 471 g/mol. The maximum absolute atomic E-state index is 11.5. The number of benzene rings is 2. The minimum absolute atomic E-state index is 0.0875. The molecule has 0 saturated carbocycles. The Labute approximate surface area is 200 Å². The van der Waals surface area contributed by atoms with E-state index in [-0.39, 0.29) is 23.1 Å². The molecule has 0 fully saturated rings. The van der Waals surface area contributed by atoms with Crippen LogP contribution in [0.25, 0.3) is 0 Å². The number of hydrogen-bond donors (Lipinski definition) is 2. The van der Waals surface area contributed by atoms with Crippen molar-refractivity contribution in [2.75, 3.05) is 20.7 Å². The molecule has 0 radical (unpaired) electrons. The lowest BCUT2D eigenvalue weighted by Gasteiger charge is -2.38. The maximum atomic E-state index is 11.5. The predicted octanol–water partition coefficient (Wildman–Crippen LogP) is 3.62. The molecule has 8 heteroatoms. The van der Waals surface area contributed by atoms with Crippen LogP contribution in [0.4, 0.5) is 0 Å². The molecule has 3 rings (SSSR count). The topological polar surface area (TPSA) is 106 Å². The van der Waals surface area contributed by atoms with Gasteiger partial charge in [-0.1, -0.05) is 35.9 Å². The van der Waals surface area contributed by atoms with Gasteiger partial charge in [-0.15, -0.1) is 0 Å². The van der Waals surface area contributed by atoms with Gasteiger partial charge in [-0.25, -0.2) is 9.59 Å². The van der Waals surface area contributed by atoms with E-state index in [1.54, 1.807) is 20.1 Å². The summed E-state index contributed by atoms with van der Waals surface area (Å²) < 4.78 is 16.9.